The molecule has 1 unspecified atom stereocenters. The number of nitrogens with zero attached hydrogens (tertiary/aromatic N) is 3. The maximum atomic E-state index is 15.3. The second-order valence-corrected chi connectivity index (χ2v) is 9.04. The number of hydrogen-bond donors (Lipinski definition) is 2. The van der Waals surface area contributed by atoms with Gasteiger partial charge in [-0.05, 0) is 51.8 Å². The molecule has 3 aromatic rings. The number of anilines is 1. The molecule has 0 spiro atoms. The van der Waals surface area contributed by atoms with Crippen LogP contribution in [0.15, 0.2) is 35.1 Å². The van der Waals surface area contributed by atoms with Crippen molar-refractivity contribution in [1.82, 2.24) is 14.3 Å². The first-order valence-corrected chi connectivity index (χ1v) is 11.3. The number of benzene rings is 2. The summed E-state index contributed by atoms with van der Waals surface area (Å²) in [4.78, 5) is 25.9. The van der Waals surface area contributed by atoms with E-state index in [2.05, 4.69) is 10.4 Å². The van der Waals surface area contributed by atoms with Crippen LogP contribution >= 0.6 is 0 Å². The van der Waals surface area contributed by atoms with Crippen LogP contribution in [0.25, 0.3) is 5.69 Å². The van der Waals surface area contributed by atoms with Crippen molar-refractivity contribution in [3.63, 3.8) is 0 Å². The standard InChI is InChI=1S/C25H30F2N4O4/c1-7-9-15(3)35-20-13-19(31-24(33)30(6)23(29-31)25(4,5)34)18(27)12-16(20)22(32)28-21-14(2)10-8-11-17(21)26/h8,10-13,15,34H,7,9H2,1-6H3,(H,28,32). The second-order valence-electron chi connectivity index (χ2n) is 9.04. The van der Waals surface area contributed by atoms with Gasteiger partial charge in [0.2, 0.25) is 0 Å². The number of amides is 1. The topological polar surface area (TPSA) is 98.4 Å². The van der Waals surface area contributed by atoms with Gasteiger partial charge < -0.3 is 15.2 Å². The van der Waals surface area contributed by atoms with Crippen LogP contribution in [0.1, 0.15) is 62.3 Å². The summed E-state index contributed by atoms with van der Waals surface area (Å²) >= 11 is 0. The average molecular weight is 489 g/mol. The van der Waals surface area contributed by atoms with Crippen molar-refractivity contribution in [1.29, 1.82) is 0 Å². The molecule has 0 bridgehead atoms. The first kappa shape index (κ1) is 26.1. The number of carbonyl (C=O) groups is 1. The van der Waals surface area contributed by atoms with Crippen LogP contribution in [0.3, 0.4) is 0 Å². The van der Waals surface area contributed by atoms with Gasteiger partial charge in [-0.25, -0.2) is 13.6 Å². The van der Waals surface area contributed by atoms with Gasteiger partial charge in [0, 0.05) is 13.1 Å². The van der Waals surface area contributed by atoms with E-state index in [9.17, 15) is 19.1 Å². The molecule has 1 heterocycles. The van der Waals surface area contributed by atoms with Crippen molar-refractivity contribution < 1.29 is 23.4 Å². The zero-order chi connectivity index (χ0) is 26.1. The molecular weight excluding hydrogens is 458 g/mol. The third kappa shape index (κ3) is 5.43. The molecule has 0 aliphatic heterocycles. The van der Waals surface area contributed by atoms with Crippen molar-refractivity contribution >= 4 is 11.6 Å². The lowest BCUT2D eigenvalue weighted by atomic mass is 10.1. The van der Waals surface area contributed by atoms with Crippen LogP contribution in [0.2, 0.25) is 0 Å². The van der Waals surface area contributed by atoms with E-state index in [0.29, 0.717) is 12.0 Å². The van der Waals surface area contributed by atoms with Crippen LogP contribution in [0.5, 0.6) is 5.75 Å². The Morgan fingerprint density at radius 3 is 2.51 bits per heavy atom. The Labute approximate surface area is 202 Å². The molecule has 2 aromatic carbocycles. The molecule has 10 heteroatoms. The summed E-state index contributed by atoms with van der Waals surface area (Å²) in [7, 11) is 1.41. The number of aliphatic hydroxyl groups is 1. The number of rotatable bonds is 8. The van der Waals surface area contributed by atoms with E-state index in [0.717, 1.165) is 21.7 Å². The van der Waals surface area contributed by atoms with E-state index in [1.165, 1.54) is 39.1 Å². The van der Waals surface area contributed by atoms with E-state index in [4.69, 9.17) is 4.74 Å². The monoisotopic (exact) mass is 488 g/mol. The molecule has 1 amide bonds. The van der Waals surface area contributed by atoms with Crippen LogP contribution in [-0.4, -0.2) is 31.5 Å². The first-order valence-electron chi connectivity index (χ1n) is 11.3. The lowest BCUT2D eigenvalue weighted by molar-refractivity contribution is 0.0649. The van der Waals surface area contributed by atoms with Gasteiger partial charge >= 0.3 is 5.69 Å². The largest absolute Gasteiger partial charge is 0.490 e. The average Bonchev–Trinajstić information content (AvgIpc) is 3.06. The number of carbonyl (C=O) groups excluding carboxylic acids is 1. The van der Waals surface area contributed by atoms with Gasteiger partial charge in [0.25, 0.3) is 5.91 Å². The molecular formula is C25H30F2N4O4. The normalized spacial score (nSPS) is 12.5. The van der Waals surface area contributed by atoms with E-state index in [1.807, 2.05) is 6.92 Å². The summed E-state index contributed by atoms with van der Waals surface area (Å²) in [5.74, 6) is -2.28. The molecule has 1 aromatic heterocycles. The molecule has 8 nitrogen and oxygen atoms in total. The molecule has 1 atom stereocenters. The fourth-order valence-electron chi connectivity index (χ4n) is 3.76. The lowest BCUT2D eigenvalue weighted by Crippen LogP contribution is -2.26. The van der Waals surface area contributed by atoms with Crippen molar-refractivity contribution in [2.24, 2.45) is 7.05 Å². The van der Waals surface area contributed by atoms with E-state index in [1.54, 1.807) is 19.9 Å². The molecule has 0 saturated heterocycles. The summed E-state index contributed by atoms with van der Waals surface area (Å²) < 4.78 is 37.5. The Balaban J connectivity index is 2.14. The number of aromatic nitrogens is 3. The Hall–Kier alpha value is -3.53. The summed E-state index contributed by atoms with van der Waals surface area (Å²) in [6, 6.07) is 6.51. The lowest BCUT2D eigenvalue weighted by Gasteiger charge is -2.19. The summed E-state index contributed by atoms with van der Waals surface area (Å²) in [6.07, 6.45) is 1.14. The number of halogens is 2. The van der Waals surface area contributed by atoms with Crippen LogP contribution < -0.4 is 15.7 Å². The Bertz CT molecular complexity index is 1290. The van der Waals surface area contributed by atoms with Crippen molar-refractivity contribution in [2.75, 3.05) is 5.32 Å². The fraction of sp³-hybridized carbons (Fsp3) is 0.400. The third-order valence-corrected chi connectivity index (χ3v) is 5.53. The number of aryl methyl sites for hydroxylation is 1. The fourth-order valence-corrected chi connectivity index (χ4v) is 3.76. The zero-order valence-electron chi connectivity index (χ0n) is 20.6. The summed E-state index contributed by atoms with van der Waals surface area (Å²) in [6.45, 7) is 8.31. The van der Waals surface area contributed by atoms with Gasteiger partial charge in [-0.3, -0.25) is 9.36 Å². The van der Waals surface area contributed by atoms with Gasteiger partial charge in [-0.15, -0.1) is 5.10 Å². The van der Waals surface area contributed by atoms with Crippen molar-refractivity contribution in [2.45, 2.75) is 59.2 Å². The molecule has 2 N–H and O–H groups in total. The number of nitrogens with one attached hydrogen (secondary N) is 1. The quantitative estimate of drug-likeness (QED) is 0.495. The smallest absolute Gasteiger partial charge is 0.350 e. The van der Waals surface area contributed by atoms with E-state index in [-0.39, 0.29) is 34.6 Å². The summed E-state index contributed by atoms with van der Waals surface area (Å²) in [5.41, 5.74) is -2.08. The molecule has 0 aliphatic rings. The predicted molar refractivity (Wildman–Crippen MR) is 128 cm³/mol. The van der Waals surface area contributed by atoms with Gasteiger partial charge in [-0.2, -0.15) is 4.68 Å². The predicted octanol–water partition coefficient (Wildman–Crippen LogP) is 4.20. The van der Waals surface area contributed by atoms with Crippen molar-refractivity contribution in [3.05, 3.63) is 69.4 Å². The number of para-hydroxylation sites is 1. The molecule has 0 fully saturated rings. The van der Waals surface area contributed by atoms with Gasteiger partial charge in [-0.1, -0.05) is 25.5 Å². The first-order chi connectivity index (χ1) is 16.3. The second kappa shape index (κ2) is 9.99. The minimum atomic E-state index is -1.46. The number of ether oxygens (including phenoxy) is 1. The van der Waals surface area contributed by atoms with Crippen LogP contribution in [0.4, 0.5) is 14.5 Å². The maximum absolute atomic E-state index is 15.3. The van der Waals surface area contributed by atoms with Crippen LogP contribution in [0, 0.1) is 18.6 Å². The van der Waals surface area contributed by atoms with Gasteiger partial charge in [0.15, 0.2) is 5.82 Å². The molecule has 3 rings (SSSR count). The number of hydrogen-bond acceptors (Lipinski definition) is 5. The molecule has 35 heavy (non-hydrogen) atoms. The minimum absolute atomic E-state index is 0.0104. The minimum Gasteiger partial charge on any atom is -0.490 e. The highest BCUT2D eigenvalue weighted by Gasteiger charge is 2.28. The SMILES string of the molecule is CCCC(C)Oc1cc(-n2nc(C(C)(C)O)n(C)c2=O)c(F)cc1C(=O)Nc1c(C)cccc1F. The Kier molecular flexibility index (Phi) is 7.44. The molecule has 0 aliphatic carbocycles. The highest BCUT2D eigenvalue weighted by Crippen LogP contribution is 2.29. The maximum Gasteiger partial charge on any atom is 0.350 e. The third-order valence-electron chi connectivity index (χ3n) is 5.53. The van der Waals surface area contributed by atoms with Gasteiger partial charge in [0.1, 0.15) is 28.7 Å². The summed E-state index contributed by atoms with van der Waals surface area (Å²) in [5, 5.41) is 16.9. The Morgan fingerprint density at radius 2 is 1.94 bits per heavy atom. The highest BCUT2D eigenvalue weighted by atomic mass is 19.1. The molecule has 0 radical (unpaired) electrons. The van der Waals surface area contributed by atoms with Crippen LogP contribution in [-0.2, 0) is 12.6 Å². The Morgan fingerprint density at radius 1 is 1.26 bits per heavy atom. The van der Waals surface area contributed by atoms with E-state index >= 15 is 4.39 Å². The van der Waals surface area contributed by atoms with E-state index < -0.39 is 28.8 Å². The van der Waals surface area contributed by atoms with Gasteiger partial charge in [0.05, 0.1) is 17.4 Å². The zero-order valence-corrected chi connectivity index (χ0v) is 20.6. The highest BCUT2D eigenvalue weighted by molar-refractivity contribution is 6.06. The molecule has 0 saturated carbocycles. The molecule has 188 valence electrons. The van der Waals surface area contributed by atoms with Crippen molar-refractivity contribution in [3.8, 4) is 11.4 Å².